The van der Waals surface area contributed by atoms with Gasteiger partial charge in [0.25, 0.3) is 0 Å². The quantitative estimate of drug-likeness (QED) is 0.942. The minimum absolute atomic E-state index is 0.705. The highest BCUT2D eigenvalue weighted by Gasteiger charge is 2.07. The van der Waals surface area contributed by atoms with Crippen molar-refractivity contribution in [2.24, 2.45) is 0 Å². The molecule has 2 aromatic heterocycles. The summed E-state index contributed by atoms with van der Waals surface area (Å²) in [5.74, 6) is 1.52. The fourth-order valence-corrected chi connectivity index (χ4v) is 2.00. The molecule has 15 heavy (non-hydrogen) atoms. The maximum Gasteiger partial charge on any atom is 0.173 e. The molecule has 78 valence electrons. The summed E-state index contributed by atoms with van der Waals surface area (Å²) in [7, 11) is 0. The van der Waals surface area contributed by atoms with E-state index in [4.69, 9.17) is 0 Å². The minimum atomic E-state index is 0.705. The Morgan fingerprint density at radius 2 is 2.33 bits per heavy atom. The molecule has 4 nitrogen and oxygen atoms in total. The first-order valence-electron chi connectivity index (χ1n) is 4.46. The number of aromatic nitrogens is 3. The van der Waals surface area contributed by atoms with Crippen molar-refractivity contribution in [3.63, 3.8) is 0 Å². The summed E-state index contributed by atoms with van der Waals surface area (Å²) < 4.78 is 0.873. The van der Waals surface area contributed by atoms with E-state index in [1.165, 1.54) is 11.3 Å². The molecular formula is C9H9BrN4S. The van der Waals surface area contributed by atoms with Gasteiger partial charge in [-0.25, -0.2) is 9.97 Å². The molecular weight excluding hydrogens is 276 g/mol. The van der Waals surface area contributed by atoms with Gasteiger partial charge in [-0.1, -0.05) is 0 Å². The molecule has 1 N–H and O–H groups in total. The van der Waals surface area contributed by atoms with Crippen LogP contribution in [0.25, 0.3) is 10.7 Å². The summed E-state index contributed by atoms with van der Waals surface area (Å²) in [6.07, 6.45) is 3.52. The molecule has 0 spiro atoms. The molecule has 2 rings (SSSR count). The fraction of sp³-hybridized carbons (Fsp3) is 0.222. The highest BCUT2D eigenvalue weighted by atomic mass is 79.9. The van der Waals surface area contributed by atoms with Gasteiger partial charge in [0.05, 0.1) is 14.9 Å². The van der Waals surface area contributed by atoms with Crippen LogP contribution in [0.2, 0.25) is 0 Å². The molecule has 0 saturated carbocycles. The van der Waals surface area contributed by atoms with Crippen LogP contribution in [-0.4, -0.2) is 21.5 Å². The van der Waals surface area contributed by atoms with Crippen LogP contribution in [0.1, 0.15) is 6.92 Å². The van der Waals surface area contributed by atoms with Crippen molar-refractivity contribution in [2.45, 2.75) is 6.92 Å². The molecule has 2 heterocycles. The van der Waals surface area contributed by atoms with Crippen molar-refractivity contribution < 1.29 is 0 Å². The predicted molar refractivity (Wildman–Crippen MR) is 65.0 cm³/mol. The molecule has 0 aliphatic carbocycles. The van der Waals surface area contributed by atoms with E-state index in [1.54, 1.807) is 17.9 Å². The molecule has 0 bridgehead atoms. The zero-order valence-corrected chi connectivity index (χ0v) is 10.5. The molecule has 6 heteroatoms. The van der Waals surface area contributed by atoms with E-state index < -0.39 is 0 Å². The van der Waals surface area contributed by atoms with Gasteiger partial charge in [0.2, 0.25) is 0 Å². The summed E-state index contributed by atoms with van der Waals surface area (Å²) in [5, 5.41) is 3.16. The van der Waals surface area contributed by atoms with Gasteiger partial charge in [-0.3, -0.25) is 4.98 Å². The van der Waals surface area contributed by atoms with Gasteiger partial charge < -0.3 is 5.32 Å². The van der Waals surface area contributed by atoms with Crippen LogP contribution in [0.3, 0.4) is 0 Å². The SMILES string of the molecule is CCNc1nc(-c2cncs2)ncc1Br. The fourth-order valence-electron chi connectivity index (χ4n) is 1.10. The lowest BCUT2D eigenvalue weighted by atomic mass is 10.4. The Kier molecular flexibility index (Phi) is 3.27. The Morgan fingerprint density at radius 3 is 3.00 bits per heavy atom. The first-order chi connectivity index (χ1) is 7.31. The van der Waals surface area contributed by atoms with E-state index in [-0.39, 0.29) is 0 Å². The Labute approximate surface area is 99.9 Å². The number of anilines is 1. The van der Waals surface area contributed by atoms with E-state index in [9.17, 15) is 0 Å². The molecule has 0 aromatic carbocycles. The number of hydrogen-bond acceptors (Lipinski definition) is 5. The molecule has 0 amide bonds. The first-order valence-corrected chi connectivity index (χ1v) is 6.13. The lowest BCUT2D eigenvalue weighted by Gasteiger charge is -2.05. The van der Waals surface area contributed by atoms with Crippen LogP contribution < -0.4 is 5.32 Å². The number of nitrogens with zero attached hydrogens (tertiary/aromatic N) is 3. The van der Waals surface area contributed by atoms with Crippen LogP contribution in [0.4, 0.5) is 5.82 Å². The second-order valence-electron chi connectivity index (χ2n) is 2.79. The maximum absolute atomic E-state index is 4.41. The number of thiazole rings is 1. The molecule has 2 aromatic rings. The summed E-state index contributed by atoms with van der Waals surface area (Å²) in [6.45, 7) is 2.86. The smallest absolute Gasteiger partial charge is 0.173 e. The Hall–Kier alpha value is -1.01. The molecule has 0 radical (unpaired) electrons. The summed E-state index contributed by atoms with van der Waals surface area (Å²) in [6, 6.07) is 0. The average Bonchev–Trinajstić information content (AvgIpc) is 2.75. The van der Waals surface area contributed by atoms with Crippen molar-refractivity contribution in [1.29, 1.82) is 0 Å². The summed E-state index contributed by atoms with van der Waals surface area (Å²) in [4.78, 5) is 13.6. The molecule has 0 aliphatic rings. The number of hydrogen-bond donors (Lipinski definition) is 1. The van der Waals surface area contributed by atoms with E-state index in [0.29, 0.717) is 5.82 Å². The highest BCUT2D eigenvalue weighted by Crippen LogP contribution is 2.24. The molecule has 0 aliphatic heterocycles. The lowest BCUT2D eigenvalue weighted by molar-refractivity contribution is 1.11. The zero-order valence-electron chi connectivity index (χ0n) is 8.07. The largest absolute Gasteiger partial charge is 0.369 e. The lowest BCUT2D eigenvalue weighted by Crippen LogP contribution is -2.01. The third-order valence-corrected chi connectivity index (χ3v) is 3.09. The van der Waals surface area contributed by atoms with Gasteiger partial charge in [-0.15, -0.1) is 11.3 Å². The van der Waals surface area contributed by atoms with E-state index in [0.717, 1.165) is 21.7 Å². The van der Waals surface area contributed by atoms with Crippen LogP contribution in [0, 0.1) is 0 Å². The second-order valence-corrected chi connectivity index (χ2v) is 4.53. The van der Waals surface area contributed by atoms with Crippen molar-refractivity contribution in [1.82, 2.24) is 15.0 Å². The van der Waals surface area contributed by atoms with Crippen LogP contribution in [0.5, 0.6) is 0 Å². The van der Waals surface area contributed by atoms with Crippen LogP contribution in [0.15, 0.2) is 22.4 Å². The summed E-state index contributed by atoms with van der Waals surface area (Å²) in [5.41, 5.74) is 1.77. The van der Waals surface area contributed by atoms with Gasteiger partial charge in [0, 0.05) is 18.9 Å². The van der Waals surface area contributed by atoms with Crippen molar-refractivity contribution in [3.05, 3.63) is 22.4 Å². The number of halogens is 1. The third-order valence-electron chi connectivity index (χ3n) is 1.74. The number of nitrogens with one attached hydrogen (secondary N) is 1. The predicted octanol–water partition coefficient (Wildman–Crippen LogP) is 2.79. The van der Waals surface area contributed by atoms with Crippen molar-refractivity contribution in [3.8, 4) is 10.7 Å². The van der Waals surface area contributed by atoms with Crippen LogP contribution in [-0.2, 0) is 0 Å². The van der Waals surface area contributed by atoms with Gasteiger partial charge in [-0.2, -0.15) is 0 Å². The molecule has 0 unspecified atom stereocenters. The highest BCUT2D eigenvalue weighted by molar-refractivity contribution is 9.10. The summed E-state index contributed by atoms with van der Waals surface area (Å²) >= 11 is 4.92. The Bertz CT molecular complexity index is 443. The van der Waals surface area contributed by atoms with Crippen LogP contribution >= 0.6 is 27.3 Å². The van der Waals surface area contributed by atoms with Gasteiger partial charge in [-0.05, 0) is 22.9 Å². The van der Waals surface area contributed by atoms with E-state index >= 15 is 0 Å². The molecule has 0 atom stereocenters. The van der Waals surface area contributed by atoms with Crippen molar-refractivity contribution >= 4 is 33.1 Å². The Balaban J connectivity index is 2.38. The van der Waals surface area contributed by atoms with Crippen molar-refractivity contribution in [2.75, 3.05) is 11.9 Å². The van der Waals surface area contributed by atoms with Gasteiger partial charge >= 0.3 is 0 Å². The minimum Gasteiger partial charge on any atom is -0.369 e. The Morgan fingerprint density at radius 1 is 1.47 bits per heavy atom. The number of rotatable bonds is 3. The first kappa shape index (κ1) is 10.5. The molecule has 0 fully saturated rings. The maximum atomic E-state index is 4.41. The van der Waals surface area contributed by atoms with Gasteiger partial charge in [0.1, 0.15) is 5.82 Å². The van der Waals surface area contributed by atoms with E-state index in [1.807, 2.05) is 6.92 Å². The average molecular weight is 285 g/mol. The third kappa shape index (κ3) is 2.32. The zero-order chi connectivity index (χ0) is 10.7. The van der Waals surface area contributed by atoms with Gasteiger partial charge in [0.15, 0.2) is 5.82 Å². The topological polar surface area (TPSA) is 50.7 Å². The monoisotopic (exact) mass is 284 g/mol. The molecule has 0 saturated heterocycles. The second kappa shape index (κ2) is 4.67. The standard InChI is InChI=1S/C9H9BrN4S/c1-2-12-8-6(10)3-13-9(14-8)7-4-11-5-15-7/h3-5H,2H2,1H3,(H,12,13,14). The normalized spacial score (nSPS) is 10.3. The van der Waals surface area contributed by atoms with E-state index in [2.05, 4.69) is 36.2 Å².